The lowest BCUT2D eigenvalue weighted by molar-refractivity contribution is -0.121. The van der Waals surface area contributed by atoms with Crippen molar-refractivity contribution in [3.05, 3.63) is 40.2 Å². The topological polar surface area (TPSA) is 112 Å². The van der Waals surface area contributed by atoms with Crippen LogP contribution in [0.3, 0.4) is 0 Å². The standard InChI is InChI=1S/C15H16N2O5/c1-2-3-9-6-14(19)22-12-7-10(4-5-11(9)12)21-8-13(18)17-15(16)20/h4-7H,2-3,8H2,1H3,(H3,16,17,18,20). The molecule has 0 fully saturated rings. The van der Waals surface area contributed by atoms with Crippen molar-refractivity contribution >= 4 is 22.9 Å². The van der Waals surface area contributed by atoms with Gasteiger partial charge in [-0.15, -0.1) is 0 Å². The number of aryl methyl sites for hydroxylation is 1. The first-order valence-corrected chi connectivity index (χ1v) is 6.78. The number of carbonyl (C=O) groups excluding carboxylic acids is 2. The maximum absolute atomic E-state index is 11.6. The van der Waals surface area contributed by atoms with Crippen LogP contribution in [0.25, 0.3) is 11.0 Å². The number of primary amides is 1. The molecule has 2 rings (SSSR count). The van der Waals surface area contributed by atoms with Gasteiger partial charge in [0.15, 0.2) is 6.61 Å². The Bertz CT molecular complexity index is 766. The Morgan fingerprint density at radius 3 is 2.77 bits per heavy atom. The molecule has 0 aliphatic carbocycles. The molecule has 3 amide bonds. The summed E-state index contributed by atoms with van der Waals surface area (Å²) >= 11 is 0. The summed E-state index contributed by atoms with van der Waals surface area (Å²) in [6, 6.07) is 5.51. The molecule has 0 aliphatic rings. The lowest BCUT2D eigenvalue weighted by atomic mass is 10.1. The lowest BCUT2D eigenvalue weighted by Crippen LogP contribution is -2.38. The van der Waals surface area contributed by atoms with Gasteiger partial charge in [0.2, 0.25) is 0 Å². The predicted molar refractivity (Wildman–Crippen MR) is 79.7 cm³/mol. The number of carbonyl (C=O) groups is 2. The zero-order valence-corrected chi connectivity index (χ0v) is 12.0. The van der Waals surface area contributed by atoms with Crippen LogP contribution in [-0.2, 0) is 11.2 Å². The lowest BCUT2D eigenvalue weighted by Gasteiger charge is -2.08. The quantitative estimate of drug-likeness (QED) is 0.809. The fourth-order valence-corrected chi connectivity index (χ4v) is 2.10. The highest BCUT2D eigenvalue weighted by atomic mass is 16.5. The summed E-state index contributed by atoms with van der Waals surface area (Å²) in [5, 5.41) is 2.72. The van der Waals surface area contributed by atoms with Gasteiger partial charge in [-0.05, 0) is 24.1 Å². The van der Waals surface area contributed by atoms with Gasteiger partial charge in [-0.2, -0.15) is 0 Å². The third-order valence-electron chi connectivity index (χ3n) is 2.95. The fourth-order valence-electron chi connectivity index (χ4n) is 2.10. The van der Waals surface area contributed by atoms with Gasteiger partial charge >= 0.3 is 11.7 Å². The van der Waals surface area contributed by atoms with E-state index in [9.17, 15) is 14.4 Å². The number of imide groups is 1. The van der Waals surface area contributed by atoms with Crippen molar-refractivity contribution in [3.8, 4) is 5.75 Å². The van der Waals surface area contributed by atoms with Gasteiger partial charge in [-0.1, -0.05) is 13.3 Å². The van der Waals surface area contributed by atoms with Crippen LogP contribution in [-0.4, -0.2) is 18.5 Å². The van der Waals surface area contributed by atoms with E-state index in [1.807, 2.05) is 12.2 Å². The van der Waals surface area contributed by atoms with E-state index in [0.29, 0.717) is 11.3 Å². The highest BCUT2D eigenvalue weighted by Gasteiger charge is 2.09. The molecular weight excluding hydrogens is 288 g/mol. The molecule has 0 spiro atoms. The first-order valence-electron chi connectivity index (χ1n) is 6.78. The number of ether oxygens (including phenoxy) is 1. The zero-order valence-electron chi connectivity index (χ0n) is 12.0. The molecule has 1 aromatic carbocycles. The summed E-state index contributed by atoms with van der Waals surface area (Å²) in [7, 11) is 0. The van der Waals surface area contributed by atoms with E-state index in [-0.39, 0.29) is 6.61 Å². The monoisotopic (exact) mass is 304 g/mol. The molecule has 0 radical (unpaired) electrons. The van der Waals surface area contributed by atoms with E-state index in [4.69, 9.17) is 14.9 Å². The number of nitrogens with two attached hydrogens (primary N) is 1. The summed E-state index contributed by atoms with van der Waals surface area (Å²) in [5.74, 6) is -0.308. The molecule has 7 heteroatoms. The highest BCUT2D eigenvalue weighted by molar-refractivity contribution is 5.94. The van der Waals surface area contributed by atoms with Crippen molar-refractivity contribution in [1.29, 1.82) is 0 Å². The van der Waals surface area contributed by atoms with Crippen LogP contribution in [0.2, 0.25) is 0 Å². The number of nitrogens with one attached hydrogen (secondary N) is 1. The highest BCUT2D eigenvalue weighted by Crippen LogP contribution is 2.23. The average molecular weight is 304 g/mol. The Morgan fingerprint density at radius 2 is 2.09 bits per heavy atom. The maximum atomic E-state index is 11.6. The Balaban J connectivity index is 2.21. The number of benzene rings is 1. The molecule has 0 aliphatic heterocycles. The molecule has 0 bridgehead atoms. The predicted octanol–water partition coefficient (Wildman–Crippen LogP) is 1.32. The molecule has 0 saturated carbocycles. The number of fused-ring (bicyclic) bond motifs is 1. The minimum absolute atomic E-state index is 0.351. The van der Waals surface area contributed by atoms with Gasteiger partial charge in [0.05, 0.1) is 0 Å². The second-order valence-corrected chi connectivity index (χ2v) is 4.70. The van der Waals surface area contributed by atoms with Gasteiger partial charge < -0.3 is 14.9 Å². The summed E-state index contributed by atoms with van der Waals surface area (Å²) < 4.78 is 10.4. The number of hydrogen-bond donors (Lipinski definition) is 2. The van der Waals surface area contributed by atoms with Crippen LogP contribution in [0, 0.1) is 0 Å². The second-order valence-electron chi connectivity index (χ2n) is 4.70. The molecule has 1 heterocycles. The van der Waals surface area contributed by atoms with E-state index < -0.39 is 17.6 Å². The third kappa shape index (κ3) is 3.85. The first kappa shape index (κ1) is 15.6. The van der Waals surface area contributed by atoms with Crippen molar-refractivity contribution in [2.45, 2.75) is 19.8 Å². The van der Waals surface area contributed by atoms with Gasteiger partial charge in [0, 0.05) is 17.5 Å². The number of urea groups is 1. The summed E-state index contributed by atoms with van der Waals surface area (Å²) in [6.45, 7) is 1.66. The molecule has 0 saturated heterocycles. The van der Waals surface area contributed by atoms with Crippen LogP contribution in [0.1, 0.15) is 18.9 Å². The van der Waals surface area contributed by atoms with Gasteiger partial charge in [-0.25, -0.2) is 9.59 Å². The number of hydrogen-bond acceptors (Lipinski definition) is 5. The molecule has 22 heavy (non-hydrogen) atoms. The summed E-state index contributed by atoms with van der Waals surface area (Å²) in [5.41, 5.74) is 5.69. The van der Waals surface area contributed by atoms with Crippen LogP contribution in [0.15, 0.2) is 33.5 Å². The minimum atomic E-state index is -0.942. The van der Waals surface area contributed by atoms with Crippen molar-refractivity contribution in [2.24, 2.45) is 5.73 Å². The molecule has 7 nitrogen and oxygen atoms in total. The molecule has 116 valence electrons. The first-order chi connectivity index (χ1) is 10.5. The second kappa shape index (κ2) is 6.75. The van der Waals surface area contributed by atoms with E-state index in [1.165, 1.54) is 12.1 Å². The Labute approximate surface area is 126 Å². The van der Waals surface area contributed by atoms with Crippen LogP contribution >= 0.6 is 0 Å². The third-order valence-corrected chi connectivity index (χ3v) is 2.95. The minimum Gasteiger partial charge on any atom is -0.484 e. The van der Waals surface area contributed by atoms with Crippen molar-refractivity contribution < 1.29 is 18.7 Å². The number of rotatable bonds is 5. The molecular formula is C15H16N2O5. The summed E-state index contributed by atoms with van der Waals surface area (Å²) in [6.07, 6.45) is 1.67. The normalized spacial score (nSPS) is 10.4. The Morgan fingerprint density at radius 1 is 1.32 bits per heavy atom. The Kier molecular flexibility index (Phi) is 4.77. The van der Waals surface area contributed by atoms with Crippen LogP contribution < -0.4 is 21.4 Å². The SMILES string of the molecule is CCCc1cc(=O)oc2cc(OCC(=O)NC(N)=O)ccc12. The maximum Gasteiger partial charge on any atom is 0.336 e. The zero-order chi connectivity index (χ0) is 16.1. The summed E-state index contributed by atoms with van der Waals surface area (Å²) in [4.78, 5) is 33.3. The molecule has 0 unspecified atom stereocenters. The van der Waals surface area contributed by atoms with Crippen molar-refractivity contribution in [1.82, 2.24) is 5.32 Å². The van der Waals surface area contributed by atoms with E-state index >= 15 is 0 Å². The van der Waals surface area contributed by atoms with Gasteiger partial charge in [-0.3, -0.25) is 10.1 Å². The van der Waals surface area contributed by atoms with E-state index in [2.05, 4.69) is 0 Å². The van der Waals surface area contributed by atoms with E-state index in [1.54, 1.807) is 12.1 Å². The van der Waals surface area contributed by atoms with Crippen molar-refractivity contribution in [3.63, 3.8) is 0 Å². The Hall–Kier alpha value is -2.83. The van der Waals surface area contributed by atoms with E-state index in [0.717, 1.165) is 23.8 Å². The fraction of sp³-hybridized carbons (Fsp3) is 0.267. The van der Waals surface area contributed by atoms with Gasteiger partial charge in [0.25, 0.3) is 5.91 Å². The smallest absolute Gasteiger partial charge is 0.336 e. The largest absolute Gasteiger partial charge is 0.484 e. The molecule has 0 atom stereocenters. The molecule has 2 aromatic rings. The van der Waals surface area contributed by atoms with Crippen LogP contribution in [0.5, 0.6) is 5.75 Å². The average Bonchev–Trinajstić information content (AvgIpc) is 2.44. The molecule has 1 aromatic heterocycles. The number of amides is 3. The van der Waals surface area contributed by atoms with Crippen LogP contribution in [0.4, 0.5) is 4.79 Å². The molecule has 3 N–H and O–H groups in total. The van der Waals surface area contributed by atoms with Crippen molar-refractivity contribution in [2.75, 3.05) is 6.61 Å². The van der Waals surface area contributed by atoms with Gasteiger partial charge in [0.1, 0.15) is 11.3 Å².